The van der Waals surface area contributed by atoms with Crippen molar-refractivity contribution in [3.05, 3.63) is 22.8 Å². The molecule has 1 amide bonds. The van der Waals surface area contributed by atoms with Crippen molar-refractivity contribution in [2.45, 2.75) is 12.5 Å². The summed E-state index contributed by atoms with van der Waals surface area (Å²) >= 11 is 0.852. The van der Waals surface area contributed by atoms with Gasteiger partial charge in [0, 0.05) is 0 Å². The predicted molar refractivity (Wildman–Crippen MR) is 60.4 cm³/mol. The maximum absolute atomic E-state index is 14.0. The van der Waals surface area contributed by atoms with Crippen LogP contribution in [0.25, 0.3) is 0 Å². The van der Waals surface area contributed by atoms with E-state index >= 15 is 0 Å². The van der Waals surface area contributed by atoms with E-state index in [9.17, 15) is 18.4 Å². The Morgan fingerprint density at radius 3 is 2.35 bits per heavy atom. The Balaban J connectivity index is 3.53. The van der Waals surface area contributed by atoms with Gasteiger partial charge in [-0.05, 0) is 0 Å². The molecule has 0 bridgehead atoms. The first-order valence-electron chi connectivity index (χ1n) is 5.23. The zero-order valence-corrected chi connectivity index (χ0v) is 13.2. The molecule has 0 aliphatic rings. The molecule has 0 aliphatic carbocycles. The Labute approximate surface area is 127 Å². The number of carbonyl (C=O) groups is 2. The van der Waals surface area contributed by atoms with E-state index in [1.165, 1.54) is 7.11 Å². The van der Waals surface area contributed by atoms with Crippen LogP contribution in [0.4, 0.5) is 8.78 Å². The molecule has 9 heteroatoms. The van der Waals surface area contributed by atoms with Gasteiger partial charge < -0.3 is 0 Å². The molecule has 0 aliphatic heterocycles. The monoisotopic (exact) mass is 483 g/mol. The number of carboxylic acids is 1. The van der Waals surface area contributed by atoms with E-state index in [0.29, 0.717) is 0 Å². The van der Waals surface area contributed by atoms with Gasteiger partial charge in [-0.2, -0.15) is 0 Å². The molecule has 0 saturated carbocycles. The molecule has 110 valence electrons. The third-order valence-electron chi connectivity index (χ3n) is 2.56. The van der Waals surface area contributed by atoms with Crippen molar-refractivity contribution in [1.82, 2.24) is 0 Å². The normalized spacial score (nSPS) is 12.1. The molecule has 0 fully saturated rings. The Morgan fingerprint density at radius 2 is 1.95 bits per heavy atom. The van der Waals surface area contributed by atoms with Crippen LogP contribution in [0.1, 0.15) is 15.9 Å². The fourth-order valence-electron chi connectivity index (χ4n) is 1.60. The average molecular weight is 483 g/mol. The first kappa shape index (κ1) is 16.7. The number of hydrogen-bond donors (Lipinski definition) is 3. The molecular weight excluding hydrogens is 472 g/mol. The van der Waals surface area contributed by atoms with Crippen molar-refractivity contribution in [2.24, 2.45) is 11.5 Å². The second kappa shape index (κ2) is 6.41. The van der Waals surface area contributed by atoms with Crippen LogP contribution in [-0.2, 0) is 11.2 Å². The summed E-state index contributed by atoms with van der Waals surface area (Å²) in [5, 5.41) is 8.73. The predicted octanol–water partition coefficient (Wildman–Crippen LogP) is -0.799. The van der Waals surface area contributed by atoms with E-state index in [0.717, 1.165) is 24.7 Å². The number of hydrogen-bond acceptors (Lipinski definition) is 4. The van der Waals surface area contributed by atoms with E-state index in [-0.39, 0.29) is 14.6 Å². The number of ether oxygens (including phenoxy) is 1. The van der Waals surface area contributed by atoms with Crippen molar-refractivity contribution in [3.63, 3.8) is 0 Å². The average Bonchev–Trinajstić information content (AvgIpc) is 2.35. The fourth-order valence-corrected chi connectivity index (χ4v) is 3.03. The Bertz CT molecular complexity index is 580. The van der Waals surface area contributed by atoms with Crippen LogP contribution >= 0.6 is 0 Å². The summed E-state index contributed by atoms with van der Waals surface area (Å²) in [6.45, 7) is 0. The zero-order valence-electron chi connectivity index (χ0n) is 10.2. The van der Waals surface area contributed by atoms with E-state index < -0.39 is 41.5 Å². The summed E-state index contributed by atoms with van der Waals surface area (Å²) in [5.74, 6) is -5.43. The first-order chi connectivity index (χ1) is 9.22. The molecule has 5 N–H and O–H groups in total. The molecule has 20 heavy (non-hydrogen) atoms. The number of carbonyl (C=O) groups excluding carboxylic acids is 1. The van der Waals surface area contributed by atoms with Gasteiger partial charge in [-0.3, -0.25) is 0 Å². The first-order valence-corrected chi connectivity index (χ1v) is 6.70. The van der Waals surface area contributed by atoms with Gasteiger partial charge in [0.1, 0.15) is 0 Å². The van der Waals surface area contributed by atoms with Crippen molar-refractivity contribution in [3.8, 4) is 5.75 Å². The van der Waals surface area contributed by atoms with Crippen LogP contribution in [0.5, 0.6) is 5.75 Å². The second-order valence-electron chi connectivity index (χ2n) is 3.84. The third-order valence-corrected chi connectivity index (χ3v) is 3.96. The molecular formula is C11H11AtF2N2O4. The van der Waals surface area contributed by atoms with Crippen molar-refractivity contribution in [1.29, 1.82) is 0 Å². The number of rotatable bonds is 5. The van der Waals surface area contributed by atoms with Crippen LogP contribution in [0.2, 0.25) is 0 Å². The van der Waals surface area contributed by atoms with E-state index in [4.69, 9.17) is 21.3 Å². The van der Waals surface area contributed by atoms with Gasteiger partial charge in [0.25, 0.3) is 0 Å². The van der Waals surface area contributed by atoms with E-state index in [1.807, 2.05) is 0 Å². The van der Waals surface area contributed by atoms with Crippen molar-refractivity contribution < 1.29 is 52.9 Å². The number of carboxylic acid groups (broad SMARTS) is 1. The van der Waals surface area contributed by atoms with Gasteiger partial charge in [0.2, 0.25) is 0 Å². The van der Waals surface area contributed by atoms with Gasteiger partial charge in [-0.15, -0.1) is 0 Å². The Kier molecular flexibility index (Phi) is 5.36. The number of aliphatic carboxylic acids is 1. The topological polar surface area (TPSA) is 116 Å². The van der Waals surface area contributed by atoms with Crippen LogP contribution < -0.4 is 19.5 Å². The molecule has 0 heterocycles. The Hall–Kier alpha value is -1.34. The molecule has 1 aromatic rings. The molecule has 0 saturated heterocycles. The van der Waals surface area contributed by atoms with E-state index in [2.05, 4.69) is 0 Å². The molecule has 6 nitrogen and oxygen atoms in total. The number of methoxy groups -OCH3 is 1. The number of primary amides is 1. The van der Waals surface area contributed by atoms with Crippen molar-refractivity contribution >= 4 is 15.1 Å². The van der Waals surface area contributed by atoms with E-state index in [1.54, 1.807) is 0 Å². The van der Waals surface area contributed by atoms with Crippen LogP contribution in [0.15, 0.2) is 0 Å². The number of benzene rings is 1. The zero-order chi connectivity index (χ0) is 15.6. The van der Waals surface area contributed by atoms with Crippen molar-refractivity contribution in [2.75, 3.05) is 7.11 Å². The summed E-state index contributed by atoms with van der Waals surface area (Å²) < 4.78 is 32.8. The molecule has 1 aromatic carbocycles. The summed E-state index contributed by atoms with van der Waals surface area (Å²) in [6.07, 6.45) is -0.476. The summed E-state index contributed by atoms with van der Waals surface area (Å²) in [6, 6.07) is -1.43. The van der Waals surface area contributed by atoms with Gasteiger partial charge in [-0.25, -0.2) is 0 Å². The maximum atomic E-state index is 14.0. The molecule has 1 rings (SSSR count). The van der Waals surface area contributed by atoms with Crippen LogP contribution in [0.3, 0.4) is 0 Å². The fraction of sp³-hybridized carbons (Fsp3) is 0.273. The number of nitrogens with two attached hydrogens (primary N) is 2. The summed E-state index contributed by atoms with van der Waals surface area (Å²) in [5.41, 5.74) is 9.37. The molecule has 1 atom stereocenters. The minimum absolute atomic E-state index is 0.0477. The number of halogens is 2. The van der Waals surface area contributed by atoms with Gasteiger partial charge in [0.05, 0.1) is 0 Å². The quantitative estimate of drug-likeness (QED) is 0.508. The van der Waals surface area contributed by atoms with Gasteiger partial charge >= 0.3 is 128 Å². The summed E-state index contributed by atoms with van der Waals surface area (Å²) in [4.78, 5) is 21.9. The third kappa shape index (κ3) is 3.04. The van der Waals surface area contributed by atoms with Gasteiger partial charge in [-0.1, -0.05) is 0 Å². The SMILES string of the molecule is COc1c([At])c(C(N)=O)c(F)c(F)c1CC(N)C(=O)O. The van der Waals surface area contributed by atoms with Crippen LogP contribution in [0, 0.1) is 36.4 Å². The second-order valence-corrected chi connectivity index (χ2v) is 5.31. The van der Waals surface area contributed by atoms with Gasteiger partial charge in [0.15, 0.2) is 0 Å². The van der Waals surface area contributed by atoms with Crippen LogP contribution in [-0.4, -0.2) is 30.1 Å². The number of amides is 1. The molecule has 0 aromatic heterocycles. The standard InChI is InChI=1S/C11H11AtF2N2O4/c1-20-9-3(2-4(15)11(18)19)7(13)8(14)5(6(9)12)10(16)17/h4H,2,15H2,1H3,(H2,16,17)(H,18,19). The molecule has 1 unspecified atom stereocenters. The molecule has 0 radical (unpaired) electrons. The minimum atomic E-state index is -1.43. The molecule has 0 spiro atoms. The summed E-state index contributed by atoms with van der Waals surface area (Å²) in [7, 11) is 1.19. The Morgan fingerprint density at radius 1 is 1.40 bits per heavy atom.